The van der Waals surface area contributed by atoms with Gasteiger partial charge in [0.1, 0.15) is 28.9 Å². The number of nitrogens with two attached hydrogens (primary N) is 1. The Morgan fingerprint density at radius 1 is 1.27 bits per heavy atom. The maximum atomic E-state index is 11.2. The van der Waals surface area contributed by atoms with Crippen molar-refractivity contribution in [3.8, 4) is 0 Å². The highest BCUT2D eigenvalue weighted by molar-refractivity contribution is 7.98. The number of aliphatic hydroxyl groups excluding tert-OH is 3. The first-order chi connectivity index (χ1) is 14.4. The van der Waals surface area contributed by atoms with Gasteiger partial charge in [-0.1, -0.05) is 30.0 Å². The number of aromatic nitrogens is 4. The van der Waals surface area contributed by atoms with Crippen LogP contribution in [0.2, 0.25) is 0 Å². The molecule has 12 nitrogen and oxygen atoms in total. The molecule has 1 aliphatic rings. The Balaban J connectivity index is 1.66. The van der Waals surface area contributed by atoms with Gasteiger partial charge >= 0.3 is 0 Å². The highest BCUT2D eigenvalue weighted by atomic mass is 32.2. The average molecular weight is 434 g/mol. The predicted molar refractivity (Wildman–Crippen MR) is 105 cm³/mol. The second-order valence-electron chi connectivity index (χ2n) is 6.61. The number of anilines is 1. The minimum atomic E-state index is -1.31. The topological polar surface area (TPSA) is 183 Å². The van der Waals surface area contributed by atoms with E-state index in [2.05, 4.69) is 15.0 Å². The zero-order chi connectivity index (χ0) is 21.4. The van der Waals surface area contributed by atoms with Gasteiger partial charge in [0.05, 0.1) is 17.9 Å². The first-order valence-electron chi connectivity index (χ1n) is 8.88. The Bertz CT molecular complexity index is 1090. The van der Waals surface area contributed by atoms with Crippen LogP contribution in [0.15, 0.2) is 35.6 Å². The number of nitro benzene ring substituents is 1. The van der Waals surface area contributed by atoms with Crippen molar-refractivity contribution in [3.63, 3.8) is 0 Å². The fourth-order valence-electron chi connectivity index (χ4n) is 3.26. The molecular formula is C17H18N6O6S. The Morgan fingerprint density at radius 3 is 2.73 bits per heavy atom. The summed E-state index contributed by atoms with van der Waals surface area (Å²) in [6.07, 6.45) is -3.18. The van der Waals surface area contributed by atoms with Crippen molar-refractivity contribution in [2.75, 3.05) is 12.3 Å². The molecule has 0 saturated carbocycles. The van der Waals surface area contributed by atoms with E-state index in [4.69, 9.17) is 10.5 Å². The molecule has 0 radical (unpaired) electrons. The van der Waals surface area contributed by atoms with Crippen LogP contribution in [0.1, 0.15) is 11.8 Å². The van der Waals surface area contributed by atoms with Crippen LogP contribution in [0.5, 0.6) is 0 Å². The third-order valence-electron chi connectivity index (χ3n) is 4.75. The van der Waals surface area contributed by atoms with Crippen molar-refractivity contribution in [1.82, 2.24) is 19.5 Å². The molecule has 0 spiro atoms. The highest BCUT2D eigenvalue weighted by Crippen LogP contribution is 2.35. The van der Waals surface area contributed by atoms with Crippen LogP contribution in [0.25, 0.3) is 11.2 Å². The number of ether oxygens (including phenoxy) is 1. The lowest BCUT2D eigenvalue weighted by Gasteiger charge is -2.16. The van der Waals surface area contributed by atoms with Gasteiger partial charge in [0.2, 0.25) is 5.95 Å². The van der Waals surface area contributed by atoms with Crippen molar-refractivity contribution in [3.05, 3.63) is 46.3 Å². The number of nitrogen functional groups attached to an aromatic ring is 1. The van der Waals surface area contributed by atoms with E-state index in [1.165, 1.54) is 28.7 Å². The molecule has 0 bridgehead atoms. The van der Waals surface area contributed by atoms with E-state index in [1.54, 1.807) is 18.2 Å². The van der Waals surface area contributed by atoms with E-state index < -0.39 is 36.1 Å². The fourth-order valence-corrected chi connectivity index (χ4v) is 4.24. The molecule has 2 aromatic heterocycles. The summed E-state index contributed by atoms with van der Waals surface area (Å²) in [5, 5.41) is 41.2. The molecular weight excluding hydrogens is 416 g/mol. The molecule has 0 aliphatic carbocycles. The van der Waals surface area contributed by atoms with Gasteiger partial charge in [-0.25, -0.2) is 9.97 Å². The van der Waals surface area contributed by atoms with Gasteiger partial charge in [0.15, 0.2) is 11.9 Å². The molecule has 3 heterocycles. The first-order valence-corrected chi connectivity index (χ1v) is 9.87. The summed E-state index contributed by atoms with van der Waals surface area (Å²) < 4.78 is 6.94. The van der Waals surface area contributed by atoms with Crippen molar-refractivity contribution < 1.29 is 25.0 Å². The number of hydrogen-bond acceptors (Lipinski definition) is 11. The third kappa shape index (κ3) is 3.57. The van der Waals surface area contributed by atoms with Gasteiger partial charge in [0, 0.05) is 17.4 Å². The fraction of sp³-hybridized carbons (Fsp3) is 0.353. The number of hydrogen-bond donors (Lipinski definition) is 4. The van der Waals surface area contributed by atoms with Crippen LogP contribution in [0.3, 0.4) is 0 Å². The number of rotatable bonds is 6. The summed E-state index contributed by atoms with van der Waals surface area (Å²) in [5.74, 6) is 0.199. The van der Waals surface area contributed by atoms with E-state index in [1.807, 2.05) is 0 Å². The minimum absolute atomic E-state index is 0.000289. The zero-order valence-electron chi connectivity index (χ0n) is 15.4. The van der Waals surface area contributed by atoms with Crippen LogP contribution in [0.4, 0.5) is 11.6 Å². The van der Waals surface area contributed by atoms with Crippen LogP contribution in [0, 0.1) is 10.1 Å². The zero-order valence-corrected chi connectivity index (χ0v) is 16.2. The van der Waals surface area contributed by atoms with E-state index in [0.29, 0.717) is 16.1 Å². The van der Waals surface area contributed by atoms with Gasteiger partial charge in [0.25, 0.3) is 5.69 Å². The molecule has 3 aromatic rings. The molecule has 4 atom stereocenters. The Kier molecular flexibility index (Phi) is 5.53. The number of benzene rings is 1. The Morgan fingerprint density at radius 2 is 2.03 bits per heavy atom. The molecule has 30 heavy (non-hydrogen) atoms. The van der Waals surface area contributed by atoms with Crippen molar-refractivity contribution in [2.24, 2.45) is 0 Å². The van der Waals surface area contributed by atoms with Crippen LogP contribution in [-0.2, 0) is 10.5 Å². The number of para-hydroxylation sites is 1. The number of thioether (sulfide) groups is 1. The van der Waals surface area contributed by atoms with Gasteiger partial charge in [-0.2, -0.15) is 4.98 Å². The van der Waals surface area contributed by atoms with E-state index >= 15 is 0 Å². The highest BCUT2D eigenvalue weighted by Gasteiger charge is 2.44. The maximum absolute atomic E-state index is 11.2. The average Bonchev–Trinajstić information content (AvgIpc) is 3.27. The molecule has 13 heteroatoms. The Hall–Kier alpha value is -2.84. The summed E-state index contributed by atoms with van der Waals surface area (Å²) in [5.41, 5.74) is 6.98. The second-order valence-corrected chi connectivity index (χ2v) is 7.58. The maximum Gasteiger partial charge on any atom is 0.273 e. The lowest BCUT2D eigenvalue weighted by atomic mass is 10.1. The first kappa shape index (κ1) is 20.4. The molecule has 1 fully saturated rings. The number of nitrogens with zero attached hydrogens (tertiary/aromatic N) is 5. The Labute approximate surface area is 173 Å². The summed E-state index contributed by atoms with van der Waals surface area (Å²) in [4.78, 5) is 23.4. The quantitative estimate of drug-likeness (QED) is 0.180. The number of fused-ring (bicyclic) bond motifs is 1. The smallest absolute Gasteiger partial charge is 0.273 e. The van der Waals surface area contributed by atoms with Crippen LogP contribution in [-0.4, -0.2) is 64.7 Å². The molecule has 0 amide bonds. The molecule has 1 saturated heterocycles. The lowest BCUT2D eigenvalue weighted by molar-refractivity contribution is -0.385. The SMILES string of the molecule is Nc1nc(SCc2ccccc2[N+](=O)[O-])c2ncn([C@H]3O[C@@H](CO)[C@@H](O)[C@H]3O)c2n1. The van der Waals surface area contributed by atoms with Gasteiger partial charge in [-0.15, -0.1) is 0 Å². The van der Waals surface area contributed by atoms with Crippen molar-refractivity contribution in [1.29, 1.82) is 0 Å². The van der Waals surface area contributed by atoms with Gasteiger partial charge in [-0.05, 0) is 0 Å². The monoisotopic (exact) mass is 434 g/mol. The molecule has 5 N–H and O–H groups in total. The number of imidazole rings is 1. The second kappa shape index (κ2) is 8.12. The number of aliphatic hydroxyl groups is 3. The van der Waals surface area contributed by atoms with E-state index in [-0.39, 0.29) is 23.0 Å². The standard InChI is InChI=1S/C17H18N6O6S/c18-17-20-14-11(19-7-22(14)16-13(26)12(25)10(5-24)29-16)15(21-17)30-6-8-3-1-2-4-9(8)23(27)28/h1-4,7,10,12-13,16,24-26H,5-6H2,(H2,18,20,21)/t10-,12+,13+,16-/m0/s1. The van der Waals surface area contributed by atoms with Crippen molar-refractivity contribution in [2.45, 2.75) is 35.3 Å². The summed E-state index contributed by atoms with van der Waals surface area (Å²) in [7, 11) is 0. The number of nitro groups is 1. The third-order valence-corrected chi connectivity index (χ3v) is 5.76. The lowest BCUT2D eigenvalue weighted by Crippen LogP contribution is -2.33. The normalized spacial score (nSPS) is 23.8. The van der Waals surface area contributed by atoms with Crippen molar-refractivity contribution >= 4 is 34.6 Å². The summed E-state index contributed by atoms with van der Waals surface area (Å²) in [6, 6.07) is 6.39. The molecule has 1 aromatic carbocycles. The van der Waals surface area contributed by atoms with E-state index in [0.717, 1.165) is 0 Å². The van der Waals surface area contributed by atoms with E-state index in [9.17, 15) is 25.4 Å². The van der Waals surface area contributed by atoms with Crippen LogP contribution < -0.4 is 5.73 Å². The molecule has 0 unspecified atom stereocenters. The minimum Gasteiger partial charge on any atom is -0.394 e. The van der Waals surface area contributed by atoms with Gasteiger partial charge < -0.3 is 25.8 Å². The predicted octanol–water partition coefficient (Wildman–Crippen LogP) is 0.220. The summed E-state index contributed by atoms with van der Waals surface area (Å²) >= 11 is 1.21. The molecule has 158 valence electrons. The van der Waals surface area contributed by atoms with Gasteiger partial charge in [-0.3, -0.25) is 14.7 Å². The summed E-state index contributed by atoms with van der Waals surface area (Å²) in [6.45, 7) is -0.463. The molecule has 1 aliphatic heterocycles. The largest absolute Gasteiger partial charge is 0.394 e. The molecule has 4 rings (SSSR count). The van der Waals surface area contributed by atoms with Crippen LogP contribution >= 0.6 is 11.8 Å².